The van der Waals surface area contributed by atoms with Crippen LogP contribution in [-0.4, -0.2) is 78.2 Å². The first kappa shape index (κ1) is 21.7. The monoisotopic (exact) mass is 424 g/mol. The molecular weight excluding hydrogens is 396 g/mol. The Kier molecular flexibility index (Phi) is 6.55. The van der Waals surface area contributed by atoms with E-state index >= 15 is 0 Å². The molecule has 2 saturated heterocycles. The molecule has 2 aliphatic heterocycles. The van der Waals surface area contributed by atoms with Crippen LogP contribution in [0.15, 0.2) is 29.2 Å². The summed E-state index contributed by atoms with van der Waals surface area (Å²) in [6, 6.07) is 5.85. The zero-order valence-electron chi connectivity index (χ0n) is 16.9. The number of sulfonamides is 1. The number of nitro benzene ring substituents is 1. The summed E-state index contributed by atoms with van der Waals surface area (Å²) >= 11 is 0. The van der Waals surface area contributed by atoms with E-state index in [-0.39, 0.29) is 42.5 Å². The molecule has 0 radical (unpaired) electrons. The predicted molar refractivity (Wildman–Crippen MR) is 108 cm³/mol. The molecule has 2 aliphatic rings. The predicted octanol–water partition coefficient (Wildman–Crippen LogP) is 1.69. The number of rotatable bonds is 5. The highest BCUT2D eigenvalue weighted by Gasteiger charge is 2.35. The minimum atomic E-state index is -3.96. The number of nitro groups is 1. The third kappa shape index (κ3) is 4.59. The minimum absolute atomic E-state index is 0.0831. The van der Waals surface area contributed by atoms with E-state index in [1.807, 2.05) is 9.80 Å². The number of hydrogen-bond acceptors (Lipinski definition) is 6. The van der Waals surface area contributed by atoms with E-state index in [4.69, 9.17) is 0 Å². The van der Waals surface area contributed by atoms with Gasteiger partial charge in [0.25, 0.3) is 5.69 Å². The van der Waals surface area contributed by atoms with Crippen molar-refractivity contribution in [3.63, 3.8) is 0 Å². The maximum atomic E-state index is 12.9. The molecule has 0 aliphatic carbocycles. The van der Waals surface area contributed by atoms with E-state index in [1.165, 1.54) is 28.6 Å². The lowest BCUT2D eigenvalue weighted by atomic mass is 9.97. The second kappa shape index (κ2) is 8.76. The lowest BCUT2D eigenvalue weighted by Gasteiger charge is -2.41. The summed E-state index contributed by atoms with van der Waals surface area (Å²) in [5, 5.41) is 11.2. The van der Waals surface area contributed by atoms with Crippen molar-refractivity contribution in [3.05, 3.63) is 34.4 Å². The highest BCUT2D eigenvalue weighted by Crippen LogP contribution is 2.27. The molecule has 160 valence electrons. The van der Waals surface area contributed by atoms with Gasteiger partial charge in [-0.15, -0.1) is 0 Å². The van der Waals surface area contributed by atoms with Gasteiger partial charge < -0.3 is 4.90 Å². The molecule has 9 nitrogen and oxygen atoms in total. The number of hydrogen-bond donors (Lipinski definition) is 0. The van der Waals surface area contributed by atoms with Crippen molar-refractivity contribution in [3.8, 4) is 0 Å². The molecule has 2 heterocycles. The summed E-state index contributed by atoms with van der Waals surface area (Å²) in [6.07, 6.45) is 3.16. The topological polar surface area (TPSA) is 104 Å². The zero-order valence-corrected chi connectivity index (χ0v) is 17.7. The molecule has 3 rings (SSSR count). The van der Waals surface area contributed by atoms with Crippen LogP contribution in [0, 0.1) is 10.1 Å². The van der Waals surface area contributed by atoms with Gasteiger partial charge in [0, 0.05) is 44.3 Å². The Bertz CT molecular complexity index is 857. The van der Waals surface area contributed by atoms with Gasteiger partial charge >= 0.3 is 0 Å². The number of benzene rings is 1. The summed E-state index contributed by atoms with van der Waals surface area (Å²) in [5.74, 6) is 0.0831. The van der Waals surface area contributed by atoms with Gasteiger partial charge in [-0.3, -0.25) is 19.8 Å². The number of amides is 1. The van der Waals surface area contributed by atoms with Gasteiger partial charge in [-0.1, -0.05) is 12.1 Å². The van der Waals surface area contributed by atoms with Crippen molar-refractivity contribution in [1.82, 2.24) is 14.1 Å². The average Bonchev–Trinajstić information content (AvgIpc) is 2.68. The lowest BCUT2D eigenvalue weighted by molar-refractivity contribution is -0.387. The fourth-order valence-electron chi connectivity index (χ4n) is 4.28. The third-order valence-corrected chi connectivity index (χ3v) is 7.80. The molecule has 0 unspecified atom stereocenters. The van der Waals surface area contributed by atoms with E-state index in [2.05, 4.69) is 13.8 Å². The minimum Gasteiger partial charge on any atom is -0.336 e. The first-order valence-electron chi connectivity index (χ1n) is 9.99. The van der Waals surface area contributed by atoms with Crippen molar-refractivity contribution in [1.29, 1.82) is 0 Å². The van der Waals surface area contributed by atoms with Crippen molar-refractivity contribution in [2.24, 2.45) is 0 Å². The van der Waals surface area contributed by atoms with Crippen LogP contribution in [0.5, 0.6) is 0 Å². The normalized spacial score (nSPS) is 24.4. The number of carbonyl (C=O) groups is 1. The van der Waals surface area contributed by atoms with Crippen LogP contribution in [0.2, 0.25) is 0 Å². The van der Waals surface area contributed by atoms with Crippen LogP contribution < -0.4 is 0 Å². The van der Waals surface area contributed by atoms with E-state index in [0.29, 0.717) is 13.1 Å². The van der Waals surface area contributed by atoms with E-state index in [0.717, 1.165) is 19.3 Å². The Morgan fingerprint density at radius 3 is 2.28 bits per heavy atom. The van der Waals surface area contributed by atoms with E-state index < -0.39 is 20.6 Å². The second-order valence-electron chi connectivity index (χ2n) is 7.84. The molecule has 0 N–H and O–H groups in total. The largest absolute Gasteiger partial charge is 0.336 e. The van der Waals surface area contributed by atoms with Gasteiger partial charge in [0.1, 0.15) is 0 Å². The fourth-order valence-corrected chi connectivity index (χ4v) is 5.86. The maximum absolute atomic E-state index is 12.9. The molecule has 1 aromatic rings. The number of piperazine rings is 1. The highest BCUT2D eigenvalue weighted by atomic mass is 32.2. The number of para-hydroxylation sites is 1. The van der Waals surface area contributed by atoms with E-state index in [9.17, 15) is 23.3 Å². The maximum Gasteiger partial charge on any atom is 0.289 e. The SMILES string of the molecule is C[C@@H]1CCC[C@H](C)N1C(=O)CN1CCN(S(=O)(=O)c2ccccc2[N+](=O)[O-])CC1. The van der Waals surface area contributed by atoms with Gasteiger partial charge in [0.05, 0.1) is 11.5 Å². The molecule has 2 atom stereocenters. The van der Waals surface area contributed by atoms with Crippen LogP contribution >= 0.6 is 0 Å². The van der Waals surface area contributed by atoms with Crippen LogP contribution in [-0.2, 0) is 14.8 Å². The van der Waals surface area contributed by atoms with Crippen molar-refractivity contribution < 1.29 is 18.1 Å². The molecular formula is C19H28N4O5S. The molecule has 1 aromatic carbocycles. The Labute approximate surface area is 171 Å². The first-order valence-corrected chi connectivity index (χ1v) is 11.4. The average molecular weight is 425 g/mol. The lowest BCUT2D eigenvalue weighted by Crippen LogP contribution is -2.54. The second-order valence-corrected chi connectivity index (χ2v) is 9.74. The van der Waals surface area contributed by atoms with E-state index in [1.54, 1.807) is 0 Å². The van der Waals surface area contributed by atoms with Crippen LogP contribution in [0.4, 0.5) is 5.69 Å². The van der Waals surface area contributed by atoms with Gasteiger partial charge in [-0.05, 0) is 39.2 Å². The number of piperidine rings is 1. The summed E-state index contributed by atoms with van der Waals surface area (Å²) in [5.41, 5.74) is -0.418. The zero-order chi connectivity index (χ0) is 21.2. The van der Waals surface area contributed by atoms with Crippen molar-refractivity contribution in [2.45, 2.75) is 50.1 Å². The quantitative estimate of drug-likeness (QED) is 0.526. The molecule has 0 bridgehead atoms. The third-order valence-electron chi connectivity index (χ3n) is 5.85. The Balaban J connectivity index is 1.63. The number of nitrogens with zero attached hydrogens (tertiary/aromatic N) is 4. The van der Waals surface area contributed by atoms with Crippen molar-refractivity contribution >= 4 is 21.6 Å². The fraction of sp³-hybridized carbons (Fsp3) is 0.632. The van der Waals surface area contributed by atoms with Gasteiger partial charge in [0.15, 0.2) is 4.90 Å². The number of carbonyl (C=O) groups excluding carboxylic acids is 1. The molecule has 0 aromatic heterocycles. The molecule has 2 fully saturated rings. The van der Waals surface area contributed by atoms with Crippen molar-refractivity contribution in [2.75, 3.05) is 32.7 Å². The Hall–Kier alpha value is -2.04. The van der Waals surface area contributed by atoms with Crippen LogP contribution in [0.3, 0.4) is 0 Å². The standard InChI is InChI=1S/C19H28N4O5S/c1-15-6-5-7-16(2)22(15)19(24)14-20-10-12-21(13-11-20)29(27,28)18-9-4-3-8-17(18)23(25)26/h3-4,8-9,15-16H,5-7,10-14H2,1-2H3/t15-,16+. The summed E-state index contributed by atoms with van der Waals surface area (Å²) in [6.45, 7) is 5.66. The molecule has 10 heteroatoms. The van der Waals surface area contributed by atoms with Gasteiger partial charge in [-0.25, -0.2) is 8.42 Å². The molecule has 0 saturated carbocycles. The van der Waals surface area contributed by atoms with Gasteiger partial charge in [-0.2, -0.15) is 4.31 Å². The molecule has 1 amide bonds. The van der Waals surface area contributed by atoms with Crippen LogP contribution in [0.1, 0.15) is 33.1 Å². The Morgan fingerprint density at radius 2 is 1.69 bits per heavy atom. The molecule has 0 spiro atoms. The Morgan fingerprint density at radius 1 is 1.10 bits per heavy atom. The summed E-state index contributed by atoms with van der Waals surface area (Å²) in [7, 11) is -3.96. The summed E-state index contributed by atoms with van der Waals surface area (Å²) in [4.78, 5) is 26.9. The smallest absolute Gasteiger partial charge is 0.289 e. The molecule has 29 heavy (non-hydrogen) atoms. The van der Waals surface area contributed by atoms with Crippen LogP contribution in [0.25, 0.3) is 0 Å². The van der Waals surface area contributed by atoms with Gasteiger partial charge in [0.2, 0.25) is 15.9 Å². The number of likely N-dealkylation sites (tertiary alicyclic amines) is 1. The first-order chi connectivity index (χ1) is 13.7. The highest BCUT2D eigenvalue weighted by molar-refractivity contribution is 7.89. The summed E-state index contributed by atoms with van der Waals surface area (Å²) < 4.78 is 27.1.